The van der Waals surface area contributed by atoms with Gasteiger partial charge in [-0.1, -0.05) is 0 Å². The summed E-state index contributed by atoms with van der Waals surface area (Å²) in [4.78, 5) is 15.4. The summed E-state index contributed by atoms with van der Waals surface area (Å²) in [6.45, 7) is 0. The van der Waals surface area contributed by atoms with E-state index in [2.05, 4.69) is 10.3 Å². The van der Waals surface area contributed by atoms with E-state index >= 15 is 0 Å². The molecular weight excluding hydrogens is 208 g/mol. The van der Waals surface area contributed by atoms with Crippen LogP contribution in [-0.2, 0) is 0 Å². The Balaban J connectivity index is 2.35. The van der Waals surface area contributed by atoms with Gasteiger partial charge in [-0.3, -0.25) is 9.77 Å². The molecule has 6 nitrogen and oxygen atoms in total. The Morgan fingerprint density at radius 1 is 1.62 bits per heavy atom. The number of rotatable bonds is 1. The van der Waals surface area contributed by atoms with Gasteiger partial charge in [0.2, 0.25) is 12.4 Å². The zero-order valence-electron chi connectivity index (χ0n) is 8.66. The van der Waals surface area contributed by atoms with Gasteiger partial charge in [-0.05, 0) is 6.07 Å². The van der Waals surface area contributed by atoms with Crippen molar-refractivity contribution in [2.24, 2.45) is 0 Å². The molecule has 2 rings (SSSR count). The Morgan fingerprint density at radius 2 is 2.44 bits per heavy atom. The van der Waals surface area contributed by atoms with E-state index in [9.17, 15) is 10.0 Å². The van der Waals surface area contributed by atoms with Crippen molar-refractivity contribution < 1.29 is 14.7 Å². The van der Waals surface area contributed by atoms with Crippen LogP contribution < -0.4 is 10.0 Å². The number of amides is 1. The molecule has 0 aliphatic carbocycles. The first-order chi connectivity index (χ1) is 7.70. The Bertz CT molecular complexity index is 521. The summed E-state index contributed by atoms with van der Waals surface area (Å²) in [5.41, 5.74) is 1.35. The van der Waals surface area contributed by atoms with Gasteiger partial charge in [-0.15, -0.1) is 0 Å². The van der Waals surface area contributed by atoms with E-state index in [1.807, 2.05) is 0 Å². The van der Waals surface area contributed by atoms with Gasteiger partial charge in [0, 0.05) is 24.0 Å². The predicted molar refractivity (Wildman–Crippen MR) is 54.9 cm³/mol. The molecule has 0 spiro atoms. The highest BCUT2D eigenvalue weighted by molar-refractivity contribution is 5.77. The van der Waals surface area contributed by atoms with Gasteiger partial charge in [0.25, 0.3) is 0 Å². The van der Waals surface area contributed by atoms with Crippen LogP contribution in [0.4, 0.5) is 4.79 Å². The average molecular weight is 219 g/mol. The first-order valence-corrected chi connectivity index (χ1v) is 4.68. The zero-order chi connectivity index (χ0) is 11.5. The molecule has 0 saturated carbocycles. The molecule has 2 heterocycles. The minimum atomic E-state index is -0.258. The number of carbonyl (C=O) groups is 1. The Morgan fingerprint density at radius 3 is 3.12 bits per heavy atom. The summed E-state index contributed by atoms with van der Waals surface area (Å²) in [6.07, 6.45) is 6.02. The second-order valence-electron chi connectivity index (χ2n) is 3.19. The molecule has 0 aliphatic rings. The van der Waals surface area contributed by atoms with Crippen LogP contribution in [-0.4, -0.2) is 27.8 Å². The van der Waals surface area contributed by atoms with Gasteiger partial charge < -0.3 is 5.32 Å². The van der Waals surface area contributed by atoms with E-state index < -0.39 is 0 Å². The largest absolute Gasteiger partial charge is 0.340 e. The number of pyridine rings is 1. The maximum atomic E-state index is 11.3. The minimum Gasteiger partial charge on any atom is -0.340 e. The number of carbonyl (C=O) groups excluding carboxylic acids is 1. The third-order valence-electron chi connectivity index (χ3n) is 2.11. The van der Waals surface area contributed by atoms with Gasteiger partial charge in [0.1, 0.15) is 6.33 Å². The molecule has 6 heteroatoms. The van der Waals surface area contributed by atoms with E-state index in [0.29, 0.717) is 5.69 Å². The number of imidazole rings is 1. The fourth-order valence-electron chi connectivity index (χ4n) is 1.33. The summed E-state index contributed by atoms with van der Waals surface area (Å²) < 4.78 is 2.28. The Hall–Kier alpha value is -2.37. The third kappa shape index (κ3) is 1.85. The van der Waals surface area contributed by atoms with Crippen LogP contribution in [0.2, 0.25) is 0 Å². The molecule has 2 aromatic heterocycles. The summed E-state index contributed by atoms with van der Waals surface area (Å²) in [6, 6.07) is 3.23. The van der Waals surface area contributed by atoms with Crippen molar-refractivity contribution in [2.75, 3.05) is 7.05 Å². The van der Waals surface area contributed by atoms with Crippen LogP contribution in [0.3, 0.4) is 0 Å². The molecule has 16 heavy (non-hydrogen) atoms. The van der Waals surface area contributed by atoms with Crippen molar-refractivity contribution in [1.82, 2.24) is 14.9 Å². The van der Waals surface area contributed by atoms with Crippen molar-refractivity contribution in [3.05, 3.63) is 37.1 Å². The minimum absolute atomic E-state index is 0.258. The Kier molecular flexibility index (Phi) is 2.55. The first-order valence-electron chi connectivity index (χ1n) is 4.68. The molecule has 0 atom stereocenters. The summed E-state index contributed by atoms with van der Waals surface area (Å²) in [5, 5.41) is 11.7. The lowest BCUT2D eigenvalue weighted by atomic mass is 10.2. The predicted octanol–water partition coefficient (Wildman–Crippen LogP) is 0.262. The molecule has 0 radical (unpaired) electrons. The molecule has 0 bridgehead atoms. The third-order valence-corrected chi connectivity index (χ3v) is 2.11. The topological polar surface area (TPSA) is 71.0 Å². The molecule has 0 aromatic carbocycles. The van der Waals surface area contributed by atoms with Crippen LogP contribution in [0.25, 0.3) is 11.3 Å². The molecule has 2 N–H and O–H groups in total. The second-order valence-corrected chi connectivity index (χ2v) is 3.19. The molecule has 82 valence electrons. The van der Waals surface area contributed by atoms with E-state index in [0.717, 1.165) is 10.3 Å². The fraction of sp³-hybridized carbons (Fsp3) is 0.100. The highest BCUT2D eigenvalue weighted by Gasteiger charge is 2.09. The summed E-state index contributed by atoms with van der Waals surface area (Å²) in [7, 11) is 1.55. The normalized spacial score (nSPS) is 10.1. The van der Waals surface area contributed by atoms with Crippen molar-refractivity contribution in [1.29, 1.82) is 0 Å². The number of hydrogen-bond donors (Lipinski definition) is 2. The smallest absolute Gasteiger partial charge is 0.326 e. The maximum absolute atomic E-state index is 11.3. The molecule has 0 fully saturated rings. The highest BCUT2D eigenvalue weighted by atomic mass is 16.5. The SMILES string of the molecule is CNC(=O)n1cnc(-c2ccc[n+](O)c2)c1. The van der Waals surface area contributed by atoms with Crippen LogP contribution in [0, 0.1) is 0 Å². The van der Waals surface area contributed by atoms with Crippen molar-refractivity contribution in [2.45, 2.75) is 0 Å². The van der Waals surface area contributed by atoms with E-state index in [1.165, 1.54) is 23.3 Å². The maximum Gasteiger partial charge on any atom is 0.326 e. The standard InChI is InChI=1S/C10H10N4O2/c1-11-10(15)13-6-9(12-7-13)8-3-2-4-14(16)5-8/h2-7H,1H3,(H-,11,15,16)/p+1. The van der Waals surface area contributed by atoms with Crippen molar-refractivity contribution in [3.63, 3.8) is 0 Å². The molecule has 0 aliphatic heterocycles. The van der Waals surface area contributed by atoms with Gasteiger partial charge in [-0.25, -0.2) is 9.78 Å². The summed E-state index contributed by atoms with van der Waals surface area (Å²) in [5.74, 6) is 0. The quantitative estimate of drug-likeness (QED) is 0.534. The molecule has 1 amide bonds. The van der Waals surface area contributed by atoms with Gasteiger partial charge in [0.05, 0.1) is 11.3 Å². The number of nitrogens with one attached hydrogen (secondary N) is 1. The lowest BCUT2D eigenvalue weighted by molar-refractivity contribution is -0.904. The summed E-state index contributed by atoms with van der Waals surface area (Å²) >= 11 is 0. The van der Waals surface area contributed by atoms with Gasteiger partial charge in [0.15, 0.2) is 0 Å². The highest BCUT2D eigenvalue weighted by Crippen LogP contribution is 2.13. The van der Waals surface area contributed by atoms with Crippen LogP contribution in [0.15, 0.2) is 37.1 Å². The lowest BCUT2D eigenvalue weighted by Crippen LogP contribution is -2.28. The van der Waals surface area contributed by atoms with Crippen LogP contribution >= 0.6 is 0 Å². The van der Waals surface area contributed by atoms with Gasteiger partial charge in [-0.2, -0.15) is 0 Å². The first kappa shape index (κ1) is 10.2. The number of hydrogen-bond acceptors (Lipinski definition) is 3. The van der Waals surface area contributed by atoms with E-state index in [-0.39, 0.29) is 6.03 Å². The van der Waals surface area contributed by atoms with Gasteiger partial charge >= 0.3 is 6.03 Å². The van der Waals surface area contributed by atoms with Crippen LogP contribution in [0.5, 0.6) is 0 Å². The molecule has 0 unspecified atom stereocenters. The van der Waals surface area contributed by atoms with E-state index in [1.54, 1.807) is 25.4 Å². The Labute approximate surface area is 91.7 Å². The van der Waals surface area contributed by atoms with Crippen molar-refractivity contribution >= 4 is 6.03 Å². The molecule has 0 saturated heterocycles. The molecular formula is C10H11N4O2+. The second kappa shape index (κ2) is 4.01. The monoisotopic (exact) mass is 219 g/mol. The lowest BCUT2D eigenvalue weighted by Gasteiger charge is -1.96. The number of aromatic nitrogens is 3. The van der Waals surface area contributed by atoms with E-state index in [4.69, 9.17) is 0 Å². The number of nitrogens with zero attached hydrogens (tertiary/aromatic N) is 3. The molecule has 2 aromatic rings. The average Bonchev–Trinajstić information content (AvgIpc) is 2.77. The zero-order valence-corrected chi connectivity index (χ0v) is 8.66. The van der Waals surface area contributed by atoms with Crippen molar-refractivity contribution in [3.8, 4) is 11.3 Å². The van der Waals surface area contributed by atoms with Crippen LogP contribution in [0.1, 0.15) is 0 Å². The fourth-order valence-corrected chi connectivity index (χ4v) is 1.33.